The van der Waals surface area contributed by atoms with Crippen LogP contribution in [0.1, 0.15) is 30.4 Å². The minimum absolute atomic E-state index is 0.710. The van der Waals surface area contributed by atoms with E-state index in [1.165, 1.54) is 43.5 Å². The van der Waals surface area contributed by atoms with Gasteiger partial charge in [0.25, 0.3) is 0 Å². The maximum atomic E-state index is 5.78. The number of likely N-dealkylation sites (tertiary alicyclic amines) is 1. The number of hydrogen-bond acceptors (Lipinski definition) is 2. The van der Waals surface area contributed by atoms with E-state index in [4.69, 9.17) is 4.74 Å². The van der Waals surface area contributed by atoms with Crippen molar-refractivity contribution >= 4 is 6.08 Å². The number of nitrogens with zero attached hydrogens (tertiary/aromatic N) is 1. The summed E-state index contributed by atoms with van der Waals surface area (Å²) in [6.45, 7) is 5.11. The minimum atomic E-state index is 0.710. The summed E-state index contributed by atoms with van der Waals surface area (Å²) in [7, 11) is 0. The lowest BCUT2D eigenvalue weighted by Gasteiger charge is -2.32. The Bertz CT molecular complexity index is 615. The molecule has 1 fully saturated rings. The van der Waals surface area contributed by atoms with Crippen LogP contribution in [0.2, 0.25) is 0 Å². The molecule has 2 aromatic rings. The first kappa shape index (κ1) is 17.9. The van der Waals surface area contributed by atoms with Crippen LogP contribution in [0.25, 0.3) is 6.08 Å². The summed E-state index contributed by atoms with van der Waals surface area (Å²) in [6, 6.07) is 21.2. The van der Waals surface area contributed by atoms with Gasteiger partial charge in [-0.25, -0.2) is 0 Å². The molecule has 1 aliphatic heterocycles. The van der Waals surface area contributed by atoms with Gasteiger partial charge in [0.2, 0.25) is 0 Å². The lowest BCUT2D eigenvalue weighted by molar-refractivity contribution is 0.116. The van der Waals surface area contributed by atoms with Crippen molar-refractivity contribution in [2.24, 2.45) is 5.92 Å². The summed E-state index contributed by atoms with van der Waals surface area (Å²) >= 11 is 0. The zero-order valence-corrected chi connectivity index (χ0v) is 15.0. The molecular weight excluding hydrogens is 306 g/mol. The van der Waals surface area contributed by atoms with E-state index in [0.717, 1.165) is 19.1 Å². The van der Waals surface area contributed by atoms with Crippen molar-refractivity contribution < 1.29 is 4.74 Å². The highest BCUT2D eigenvalue weighted by atomic mass is 16.5. The van der Waals surface area contributed by atoms with Gasteiger partial charge in [0.05, 0.1) is 6.61 Å². The van der Waals surface area contributed by atoms with E-state index in [1.807, 2.05) is 6.07 Å². The van der Waals surface area contributed by atoms with Crippen LogP contribution >= 0.6 is 0 Å². The lowest BCUT2D eigenvalue weighted by Crippen LogP contribution is -2.33. The number of benzene rings is 2. The molecule has 0 saturated carbocycles. The Labute approximate surface area is 152 Å². The Morgan fingerprint density at radius 3 is 2.32 bits per heavy atom. The molecule has 0 unspecified atom stereocenters. The van der Waals surface area contributed by atoms with Crippen LogP contribution in [0, 0.1) is 5.92 Å². The fourth-order valence-electron chi connectivity index (χ4n) is 3.42. The highest BCUT2D eigenvalue weighted by Gasteiger charge is 2.18. The average molecular weight is 335 g/mol. The smallest absolute Gasteiger partial charge is 0.0650 e. The predicted molar refractivity (Wildman–Crippen MR) is 105 cm³/mol. The summed E-state index contributed by atoms with van der Waals surface area (Å²) in [6.07, 6.45) is 8.03. The Morgan fingerprint density at radius 1 is 0.920 bits per heavy atom. The topological polar surface area (TPSA) is 12.5 Å². The summed E-state index contributed by atoms with van der Waals surface area (Å²) < 4.78 is 5.78. The van der Waals surface area contributed by atoms with Crippen LogP contribution in [-0.2, 0) is 11.3 Å². The Balaban J connectivity index is 1.26. The van der Waals surface area contributed by atoms with E-state index in [2.05, 4.69) is 71.6 Å². The molecule has 3 rings (SSSR count). The molecule has 1 saturated heterocycles. The van der Waals surface area contributed by atoms with E-state index in [9.17, 15) is 0 Å². The summed E-state index contributed by atoms with van der Waals surface area (Å²) in [5, 5.41) is 0. The van der Waals surface area contributed by atoms with Crippen molar-refractivity contribution in [3.8, 4) is 0 Å². The van der Waals surface area contributed by atoms with Crippen molar-refractivity contribution in [2.45, 2.75) is 25.8 Å². The van der Waals surface area contributed by atoms with Crippen LogP contribution in [-0.4, -0.2) is 31.2 Å². The molecule has 0 aliphatic carbocycles. The highest BCUT2D eigenvalue weighted by molar-refractivity contribution is 5.48. The Hall–Kier alpha value is -1.90. The van der Waals surface area contributed by atoms with E-state index in [-0.39, 0.29) is 0 Å². The van der Waals surface area contributed by atoms with E-state index in [1.54, 1.807) is 0 Å². The van der Waals surface area contributed by atoms with Crippen molar-refractivity contribution in [1.29, 1.82) is 0 Å². The molecule has 0 aromatic heterocycles. The standard InChI is InChI=1S/C23H29NO/c1-3-8-21(9-4-1)12-7-18-25-19-15-22-13-16-24(17-14-22)20-23-10-5-2-6-11-23/h1-12,22H,13-20H2/b12-7-. The maximum absolute atomic E-state index is 5.78. The molecule has 2 nitrogen and oxygen atoms in total. The first-order chi connectivity index (χ1) is 12.4. The number of rotatable bonds is 8. The molecular formula is C23H29NO. The van der Waals surface area contributed by atoms with Gasteiger partial charge in [0, 0.05) is 13.2 Å². The molecule has 2 aromatic carbocycles. The van der Waals surface area contributed by atoms with Gasteiger partial charge in [-0.2, -0.15) is 0 Å². The fourth-order valence-corrected chi connectivity index (χ4v) is 3.42. The third-order valence-corrected chi connectivity index (χ3v) is 4.95. The number of piperidine rings is 1. The SMILES string of the molecule is C(=C/c1ccccc1)/COCCC1CCN(Cc2ccccc2)CC1. The second kappa shape index (κ2) is 10.2. The fraction of sp³-hybridized carbons (Fsp3) is 0.391. The molecule has 0 bridgehead atoms. The summed E-state index contributed by atoms with van der Waals surface area (Å²) in [5.74, 6) is 0.824. The molecule has 2 heteroatoms. The average Bonchev–Trinajstić information content (AvgIpc) is 2.67. The predicted octanol–water partition coefficient (Wildman–Crippen LogP) is 5.02. The van der Waals surface area contributed by atoms with Gasteiger partial charge in [-0.3, -0.25) is 4.90 Å². The van der Waals surface area contributed by atoms with Crippen LogP contribution in [0.3, 0.4) is 0 Å². The number of hydrogen-bond donors (Lipinski definition) is 0. The second-order valence-electron chi connectivity index (χ2n) is 6.88. The lowest BCUT2D eigenvalue weighted by atomic mass is 9.93. The largest absolute Gasteiger partial charge is 0.377 e. The Morgan fingerprint density at radius 2 is 1.60 bits per heavy atom. The quantitative estimate of drug-likeness (QED) is 0.628. The zero-order valence-electron chi connectivity index (χ0n) is 15.0. The van der Waals surface area contributed by atoms with Gasteiger partial charge >= 0.3 is 0 Å². The molecule has 0 N–H and O–H groups in total. The molecule has 1 heterocycles. The van der Waals surface area contributed by atoms with E-state index in [0.29, 0.717) is 6.61 Å². The molecule has 132 valence electrons. The van der Waals surface area contributed by atoms with Gasteiger partial charge in [0.1, 0.15) is 0 Å². The number of ether oxygens (including phenoxy) is 1. The van der Waals surface area contributed by atoms with Crippen LogP contribution in [0.15, 0.2) is 66.7 Å². The van der Waals surface area contributed by atoms with Gasteiger partial charge in [0.15, 0.2) is 0 Å². The van der Waals surface area contributed by atoms with Crippen molar-refractivity contribution in [3.63, 3.8) is 0 Å². The molecule has 0 radical (unpaired) electrons. The van der Waals surface area contributed by atoms with Gasteiger partial charge in [-0.15, -0.1) is 0 Å². The minimum Gasteiger partial charge on any atom is -0.377 e. The highest BCUT2D eigenvalue weighted by Crippen LogP contribution is 2.21. The first-order valence-electron chi connectivity index (χ1n) is 9.46. The van der Waals surface area contributed by atoms with Crippen LogP contribution in [0.4, 0.5) is 0 Å². The van der Waals surface area contributed by atoms with E-state index >= 15 is 0 Å². The monoisotopic (exact) mass is 335 g/mol. The third kappa shape index (κ3) is 6.49. The first-order valence-corrected chi connectivity index (χ1v) is 9.46. The van der Waals surface area contributed by atoms with E-state index < -0.39 is 0 Å². The van der Waals surface area contributed by atoms with Gasteiger partial charge in [-0.1, -0.05) is 72.8 Å². The third-order valence-electron chi connectivity index (χ3n) is 4.95. The van der Waals surface area contributed by atoms with Crippen LogP contribution in [0.5, 0.6) is 0 Å². The van der Waals surface area contributed by atoms with Crippen LogP contribution < -0.4 is 0 Å². The van der Waals surface area contributed by atoms with Crippen molar-refractivity contribution in [2.75, 3.05) is 26.3 Å². The van der Waals surface area contributed by atoms with Gasteiger partial charge < -0.3 is 4.74 Å². The summed E-state index contributed by atoms with van der Waals surface area (Å²) in [5.41, 5.74) is 2.66. The second-order valence-corrected chi connectivity index (χ2v) is 6.88. The normalized spacial score (nSPS) is 16.5. The summed E-state index contributed by atoms with van der Waals surface area (Å²) in [4.78, 5) is 2.58. The molecule has 0 atom stereocenters. The van der Waals surface area contributed by atoms with Crippen molar-refractivity contribution in [1.82, 2.24) is 4.90 Å². The van der Waals surface area contributed by atoms with Gasteiger partial charge in [-0.05, 0) is 49.4 Å². The maximum Gasteiger partial charge on any atom is 0.0650 e. The molecule has 25 heavy (non-hydrogen) atoms. The van der Waals surface area contributed by atoms with Crippen molar-refractivity contribution in [3.05, 3.63) is 77.9 Å². The molecule has 0 spiro atoms. The Kier molecular flexibility index (Phi) is 7.29. The zero-order chi connectivity index (χ0) is 17.2. The molecule has 0 amide bonds. The molecule has 1 aliphatic rings.